The summed E-state index contributed by atoms with van der Waals surface area (Å²) >= 11 is 0. The third kappa shape index (κ3) is 0.824. The molecule has 0 N–H and O–H groups in total. The van der Waals surface area contributed by atoms with Crippen molar-refractivity contribution in [2.24, 2.45) is 0 Å². The van der Waals surface area contributed by atoms with Crippen LogP contribution in [0.3, 0.4) is 0 Å². The van der Waals surface area contributed by atoms with Crippen molar-refractivity contribution in [3.05, 3.63) is 17.8 Å². The number of carbonyl (C=O) groups is 1. The molecule has 0 saturated heterocycles. The summed E-state index contributed by atoms with van der Waals surface area (Å²) in [7, 11) is 1.76. The summed E-state index contributed by atoms with van der Waals surface area (Å²) in [6, 6.07) is 0. The van der Waals surface area contributed by atoms with Gasteiger partial charge in [-0.15, -0.1) is 0 Å². The zero-order valence-corrected chi connectivity index (χ0v) is 6.20. The Kier molecular flexibility index (Phi) is 1.21. The normalized spacial score (nSPS) is 16.8. The molecule has 11 heavy (non-hydrogen) atoms. The first kappa shape index (κ1) is 6.39. The molecule has 1 aliphatic heterocycles. The van der Waals surface area contributed by atoms with Crippen LogP contribution in [-0.4, -0.2) is 29.4 Å². The number of hydrogen-bond acceptors (Lipinski definition) is 3. The smallest absolute Gasteiger partial charge is 0.275 e. The highest BCUT2D eigenvalue weighted by molar-refractivity contribution is 5.93. The van der Waals surface area contributed by atoms with E-state index in [2.05, 4.69) is 4.98 Å². The number of aromatic nitrogens is 1. The predicted molar refractivity (Wildman–Crippen MR) is 37.2 cm³/mol. The molecule has 0 radical (unpaired) electrons. The van der Waals surface area contributed by atoms with E-state index in [0.717, 1.165) is 13.0 Å². The lowest BCUT2D eigenvalue weighted by molar-refractivity contribution is 0.0770. The molecular formula is C7H8N2O2. The molecule has 1 amide bonds. The van der Waals surface area contributed by atoms with Crippen molar-refractivity contribution >= 4 is 5.91 Å². The van der Waals surface area contributed by atoms with Crippen LogP contribution in [0.15, 0.2) is 10.8 Å². The van der Waals surface area contributed by atoms with Gasteiger partial charge in [-0.2, -0.15) is 0 Å². The van der Waals surface area contributed by atoms with Crippen molar-refractivity contribution < 1.29 is 9.21 Å². The zero-order valence-electron chi connectivity index (χ0n) is 6.20. The second-order valence-electron chi connectivity index (χ2n) is 2.60. The number of amides is 1. The van der Waals surface area contributed by atoms with Gasteiger partial charge in [-0.1, -0.05) is 0 Å². The Morgan fingerprint density at radius 3 is 3.36 bits per heavy atom. The van der Waals surface area contributed by atoms with Crippen LogP contribution in [0.25, 0.3) is 0 Å². The highest BCUT2D eigenvalue weighted by Crippen LogP contribution is 2.15. The van der Waals surface area contributed by atoms with Crippen molar-refractivity contribution in [2.75, 3.05) is 13.6 Å². The Balaban J connectivity index is 2.46. The van der Waals surface area contributed by atoms with Crippen molar-refractivity contribution in [3.63, 3.8) is 0 Å². The van der Waals surface area contributed by atoms with Crippen LogP contribution in [-0.2, 0) is 6.42 Å². The van der Waals surface area contributed by atoms with Crippen LogP contribution in [0.5, 0.6) is 0 Å². The molecule has 0 atom stereocenters. The maximum absolute atomic E-state index is 11.3. The Bertz CT molecular complexity index is 292. The first-order valence-corrected chi connectivity index (χ1v) is 3.47. The van der Waals surface area contributed by atoms with E-state index in [1.165, 1.54) is 6.39 Å². The highest BCUT2D eigenvalue weighted by atomic mass is 16.3. The zero-order chi connectivity index (χ0) is 7.84. The van der Waals surface area contributed by atoms with Gasteiger partial charge < -0.3 is 9.32 Å². The van der Waals surface area contributed by atoms with Gasteiger partial charge in [0.15, 0.2) is 12.1 Å². The summed E-state index contributed by atoms with van der Waals surface area (Å²) in [5.74, 6) is 0.674. The predicted octanol–water partition coefficient (Wildman–Crippen LogP) is 0.303. The monoisotopic (exact) mass is 152 g/mol. The minimum atomic E-state index is -0.0417. The maximum atomic E-state index is 11.3. The molecule has 4 nitrogen and oxygen atoms in total. The van der Waals surface area contributed by atoms with Crippen molar-refractivity contribution in [2.45, 2.75) is 6.42 Å². The van der Waals surface area contributed by atoms with Crippen molar-refractivity contribution in [3.8, 4) is 0 Å². The van der Waals surface area contributed by atoms with E-state index in [1.54, 1.807) is 11.9 Å². The molecule has 0 bridgehead atoms. The van der Waals surface area contributed by atoms with E-state index in [4.69, 9.17) is 4.42 Å². The molecular weight excluding hydrogens is 144 g/mol. The fourth-order valence-electron chi connectivity index (χ4n) is 1.17. The average molecular weight is 152 g/mol. The highest BCUT2D eigenvalue weighted by Gasteiger charge is 2.25. The summed E-state index contributed by atoms with van der Waals surface area (Å²) in [5.41, 5.74) is 0.471. The molecule has 58 valence electrons. The Morgan fingerprint density at radius 2 is 2.55 bits per heavy atom. The van der Waals surface area contributed by atoms with Crippen LogP contribution in [0.4, 0.5) is 0 Å². The molecule has 0 aliphatic carbocycles. The molecule has 2 rings (SSSR count). The molecule has 1 aliphatic rings. The lowest BCUT2D eigenvalue weighted by atomic mass is 10.2. The van der Waals surface area contributed by atoms with Crippen molar-refractivity contribution in [1.82, 2.24) is 9.88 Å². The summed E-state index contributed by atoms with van der Waals surface area (Å²) in [6.07, 6.45) is 2.10. The number of hydrogen-bond donors (Lipinski definition) is 0. The fraction of sp³-hybridized carbons (Fsp3) is 0.429. The van der Waals surface area contributed by atoms with Gasteiger partial charge >= 0.3 is 0 Å². The molecule has 0 spiro atoms. The van der Waals surface area contributed by atoms with Gasteiger partial charge in [-0.25, -0.2) is 4.98 Å². The molecule has 2 heterocycles. The summed E-state index contributed by atoms with van der Waals surface area (Å²) in [4.78, 5) is 16.8. The fourth-order valence-corrected chi connectivity index (χ4v) is 1.17. The third-order valence-electron chi connectivity index (χ3n) is 1.86. The Labute approximate surface area is 63.8 Å². The lowest BCUT2D eigenvalue weighted by Gasteiger charge is -2.19. The summed E-state index contributed by atoms with van der Waals surface area (Å²) in [5, 5.41) is 0. The number of rotatable bonds is 0. The lowest BCUT2D eigenvalue weighted by Crippen LogP contribution is -2.33. The van der Waals surface area contributed by atoms with E-state index in [9.17, 15) is 4.79 Å². The quantitative estimate of drug-likeness (QED) is 0.537. The molecule has 0 aromatic carbocycles. The van der Waals surface area contributed by atoms with Crippen LogP contribution in [0.1, 0.15) is 16.2 Å². The minimum Gasteiger partial charge on any atom is -0.448 e. The van der Waals surface area contributed by atoms with Gasteiger partial charge in [0.1, 0.15) is 5.76 Å². The van der Waals surface area contributed by atoms with Crippen LogP contribution in [0, 0.1) is 0 Å². The second kappa shape index (κ2) is 2.08. The Hall–Kier alpha value is -1.32. The van der Waals surface area contributed by atoms with Gasteiger partial charge in [0.05, 0.1) is 0 Å². The average Bonchev–Trinajstić information content (AvgIpc) is 2.45. The van der Waals surface area contributed by atoms with E-state index < -0.39 is 0 Å². The topological polar surface area (TPSA) is 46.3 Å². The van der Waals surface area contributed by atoms with E-state index >= 15 is 0 Å². The van der Waals surface area contributed by atoms with Crippen molar-refractivity contribution in [1.29, 1.82) is 0 Å². The molecule has 0 unspecified atom stereocenters. The van der Waals surface area contributed by atoms with Gasteiger partial charge in [0.25, 0.3) is 5.91 Å². The van der Waals surface area contributed by atoms with E-state index in [-0.39, 0.29) is 5.91 Å². The summed E-state index contributed by atoms with van der Waals surface area (Å²) < 4.78 is 5.02. The van der Waals surface area contributed by atoms with Gasteiger partial charge in [0, 0.05) is 20.0 Å². The number of carbonyl (C=O) groups excluding carboxylic acids is 1. The van der Waals surface area contributed by atoms with Crippen LogP contribution >= 0.6 is 0 Å². The van der Waals surface area contributed by atoms with Crippen LogP contribution < -0.4 is 0 Å². The molecule has 4 heteroatoms. The first-order valence-electron chi connectivity index (χ1n) is 3.47. The minimum absolute atomic E-state index is 0.0417. The van der Waals surface area contributed by atoms with Gasteiger partial charge in [-0.3, -0.25) is 4.79 Å². The number of oxazole rings is 1. The summed E-state index contributed by atoms with van der Waals surface area (Å²) in [6.45, 7) is 0.723. The van der Waals surface area contributed by atoms with Crippen LogP contribution in [0.2, 0.25) is 0 Å². The number of fused-ring (bicyclic) bond motifs is 1. The van der Waals surface area contributed by atoms with Gasteiger partial charge in [0.2, 0.25) is 0 Å². The van der Waals surface area contributed by atoms with E-state index in [1.807, 2.05) is 0 Å². The molecule has 0 fully saturated rings. The molecule has 1 aromatic rings. The third-order valence-corrected chi connectivity index (χ3v) is 1.86. The second-order valence-corrected chi connectivity index (χ2v) is 2.60. The molecule has 0 saturated carbocycles. The number of nitrogens with zero attached hydrogens (tertiary/aromatic N) is 2. The first-order chi connectivity index (χ1) is 5.29. The number of likely N-dealkylation sites (N-methyl/N-ethyl adjacent to an activating group) is 1. The Morgan fingerprint density at radius 1 is 1.73 bits per heavy atom. The van der Waals surface area contributed by atoms with E-state index in [0.29, 0.717) is 11.5 Å². The SMILES string of the molecule is CN1CCc2ocnc2C1=O. The maximum Gasteiger partial charge on any atom is 0.275 e. The largest absolute Gasteiger partial charge is 0.448 e. The van der Waals surface area contributed by atoms with Gasteiger partial charge in [-0.05, 0) is 0 Å². The molecule has 1 aromatic heterocycles. The standard InChI is InChI=1S/C7H8N2O2/c1-9-3-2-5-6(7(9)10)8-4-11-5/h4H,2-3H2,1H3.